The Morgan fingerprint density at radius 1 is 1.08 bits per heavy atom. The zero-order valence-corrected chi connectivity index (χ0v) is 22.3. The third-order valence-corrected chi connectivity index (χ3v) is 11.9. The average Bonchev–Trinajstić information content (AvgIpc) is 3.27. The van der Waals surface area contributed by atoms with Crippen molar-refractivity contribution in [1.29, 1.82) is 0 Å². The number of carbonyl (C=O) groups is 1. The van der Waals surface area contributed by atoms with E-state index in [0.717, 1.165) is 10.4 Å². The second kappa shape index (κ2) is 10.2. The summed E-state index contributed by atoms with van der Waals surface area (Å²) in [6, 6.07) is 19.6. The third-order valence-electron chi connectivity index (χ3n) is 6.88. The molecule has 1 aliphatic rings. The predicted molar refractivity (Wildman–Crippen MR) is 141 cm³/mol. The Balaban J connectivity index is 1.86. The quantitative estimate of drug-likeness (QED) is 0.400. The normalized spacial score (nSPS) is 21.1. The standard InChI is InChI=1S/C27H32N2O7Si/c1-17-16-29(26(34)28-24(17)31)21-15-20(23(35-21)22(30)25(32)33)36-37(27(2,3)4,18-11-7-5-8-12-18)19-13-9-6-10-14-19/h5-14,16,20-23,30H,15H2,1-4H3,(H,32,33)(H,28,31,34)/t20?,21-,22?,23+/m1/s1. The molecule has 0 spiro atoms. The SMILES string of the molecule is Cc1cn([C@H]2CC(O[Si](c3ccccc3)(c3ccccc3)C(C)(C)C)[C@@H](C(O)C(=O)O)O2)c(=O)[nH]c1=O. The van der Waals surface area contributed by atoms with E-state index in [1.54, 1.807) is 6.92 Å². The molecule has 10 heteroatoms. The van der Waals surface area contributed by atoms with Gasteiger partial charge in [0.2, 0.25) is 0 Å². The molecule has 2 unspecified atom stereocenters. The summed E-state index contributed by atoms with van der Waals surface area (Å²) in [6.45, 7) is 7.82. The predicted octanol–water partition coefficient (Wildman–Crippen LogP) is 1.52. The van der Waals surface area contributed by atoms with Gasteiger partial charge >= 0.3 is 11.7 Å². The van der Waals surface area contributed by atoms with Crippen LogP contribution >= 0.6 is 0 Å². The van der Waals surface area contributed by atoms with Gasteiger partial charge < -0.3 is 19.4 Å². The van der Waals surface area contributed by atoms with E-state index in [0.29, 0.717) is 5.56 Å². The van der Waals surface area contributed by atoms with Crippen molar-refractivity contribution in [1.82, 2.24) is 9.55 Å². The van der Waals surface area contributed by atoms with E-state index < -0.39 is 55.1 Å². The van der Waals surface area contributed by atoms with E-state index in [1.165, 1.54) is 10.8 Å². The van der Waals surface area contributed by atoms with Crippen LogP contribution in [0.5, 0.6) is 0 Å². The number of nitrogens with one attached hydrogen (secondary N) is 1. The van der Waals surface area contributed by atoms with E-state index in [1.807, 2.05) is 60.7 Å². The van der Waals surface area contributed by atoms with Crippen molar-refractivity contribution in [2.24, 2.45) is 0 Å². The van der Waals surface area contributed by atoms with Crippen LogP contribution in [0.3, 0.4) is 0 Å². The van der Waals surface area contributed by atoms with E-state index in [4.69, 9.17) is 9.16 Å². The van der Waals surface area contributed by atoms with Crippen molar-refractivity contribution >= 4 is 24.7 Å². The van der Waals surface area contributed by atoms with Gasteiger partial charge in [0, 0.05) is 18.2 Å². The van der Waals surface area contributed by atoms with Gasteiger partial charge in [-0.3, -0.25) is 14.3 Å². The van der Waals surface area contributed by atoms with Gasteiger partial charge in [-0.1, -0.05) is 81.4 Å². The summed E-state index contributed by atoms with van der Waals surface area (Å²) < 4.78 is 14.3. The topological polar surface area (TPSA) is 131 Å². The molecule has 1 aliphatic heterocycles. The second-order valence-corrected chi connectivity index (χ2v) is 14.6. The Kier molecular flexibility index (Phi) is 7.38. The maximum atomic E-state index is 12.6. The van der Waals surface area contributed by atoms with Crippen LogP contribution < -0.4 is 21.6 Å². The number of H-pyrrole nitrogens is 1. The van der Waals surface area contributed by atoms with Gasteiger partial charge in [-0.05, 0) is 22.3 Å². The average molecular weight is 525 g/mol. The van der Waals surface area contributed by atoms with Crippen LogP contribution in [0.15, 0.2) is 76.4 Å². The first-order valence-electron chi connectivity index (χ1n) is 12.1. The number of aliphatic hydroxyl groups excluding tert-OH is 1. The first-order valence-corrected chi connectivity index (χ1v) is 14.0. The molecule has 1 fully saturated rings. The summed E-state index contributed by atoms with van der Waals surface area (Å²) in [5.74, 6) is -1.45. The highest BCUT2D eigenvalue weighted by Crippen LogP contribution is 2.41. The number of aliphatic hydroxyl groups is 1. The lowest BCUT2D eigenvalue weighted by Crippen LogP contribution is -2.68. The molecule has 196 valence electrons. The summed E-state index contributed by atoms with van der Waals surface area (Å²) >= 11 is 0. The van der Waals surface area contributed by atoms with Crippen LogP contribution in [0.2, 0.25) is 5.04 Å². The molecule has 2 heterocycles. The number of hydrogen-bond donors (Lipinski definition) is 3. The van der Waals surface area contributed by atoms with Gasteiger partial charge in [-0.15, -0.1) is 0 Å². The van der Waals surface area contributed by atoms with Gasteiger partial charge in [-0.2, -0.15) is 0 Å². The minimum Gasteiger partial charge on any atom is -0.479 e. The Labute approximate surface area is 215 Å². The van der Waals surface area contributed by atoms with Crippen LogP contribution in [0.25, 0.3) is 0 Å². The first-order chi connectivity index (χ1) is 17.5. The number of aliphatic carboxylic acids is 1. The van der Waals surface area contributed by atoms with Gasteiger partial charge in [0.15, 0.2) is 6.10 Å². The molecule has 9 nitrogen and oxygen atoms in total. The lowest BCUT2D eigenvalue weighted by atomic mass is 10.1. The van der Waals surface area contributed by atoms with E-state index in [9.17, 15) is 24.6 Å². The zero-order chi connectivity index (χ0) is 27.0. The largest absolute Gasteiger partial charge is 0.479 e. The molecular weight excluding hydrogens is 492 g/mol. The lowest BCUT2D eigenvalue weighted by molar-refractivity contribution is -0.159. The number of carboxylic acids is 1. The second-order valence-electron chi connectivity index (χ2n) is 10.4. The Morgan fingerprint density at radius 3 is 2.11 bits per heavy atom. The summed E-state index contributed by atoms with van der Waals surface area (Å²) in [7, 11) is -3.13. The summed E-state index contributed by atoms with van der Waals surface area (Å²) in [5, 5.41) is 21.9. The number of aromatic nitrogens is 2. The van der Waals surface area contributed by atoms with E-state index in [2.05, 4.69) is 25.8 Å². The minimum atomic E-state index is -3.13. The molecule has 3 aromatic rings. The number of rotatable bonds is 7. The van der Waals surface area contributed by atoms with Crippen LogP contribution in [-0.2, 0) is 14.0 Å². The molecule has 4 rings (SSSR count). The molecule has 1 saturated heterocycles. The number of ether oxygens (including phenoxy) is 1. The number of benzene rings is 2. The third kappa shape index (κ3) is 4.97. The number of carboxylic acid groups (broad SMARTS) is 1. The maximum absolute atomic E-state index is 12.6. The molecule has 1 aromatic heterocycles. The molecule has 2 aromatic carbocycles. The smallest absolute Gasteiger partial charge is 0.335 e. The molecule has 4 atom stereocenters. The van der Waals surface area contributed by atoms with Crippen LogP contribution in [-0.4, -0.2) is 52.4 Å². The fourth-order valence-electron chi connectivity index (χ4n) is 5.09. The maximum Gasteiger partial charge on any atom is 0.335 e. The Bertz CT molecular complexity index is 1330. The molecule has 0 amide bonds. The highest BCUT2D eigenvalue weighted by atomic mass is 28.4. The van der Waals surface area contributed by atoms with Crippen molar-refractivity contribution in [3.8, 4) is 0 Å². The number of aryl methyl sites for hydroxylation is 1. The molecule has 0 aliphatic carbocycles. The van der Waals surface area contributed by atoms with Crippen LogP contribution in [0, 0.1) is 6.92 Å². The van der Waals surface area contributed by atoms with Crippen LogP contribution in [0.1, 0.15) is 39.0 Å². The summed E-state index contributed by atoms with van der Waals surface area (Å²) in [4.78, 5) is 38.6. The van der Waals surface area contributed by atoms with Crippen molar-refractivity contribution in [3.05, 3.63) is 93.3 Å². The van der Waals surface area contributed by atoms with Crippen molar-refractivity contribution in [2.75, 3.05) is 0 Å². The number of nitrogens with zero attached hydrogens (tertiary/aromatic N) is 1. The Hall–Kier alpha value is -3.31. The first kappa shape index (κ1) is 26.7. The number of hydrogen-bond acceptors (Lipinski definition) is 6. The lowest BCUT2D eigenvalue weighted by Gasteiger charge is -2.45. The molecular formula is C27H32N2O7Si. The molecule has 0 saturated carbocycles. The van der Waals surface area contributed by atoms with E-state index in [-0.39, 0.29) is 6.42 Å². The molecule has 0 radical (unpaired) electrons. The van der Waals surface area contributed by atoms with Crippen molar-refractivity contribution < 1.29 is 24.2 Å². The zero-order valence-electron chi connectivity index (χ0n) is 21.3. The minimum absolute atomic E-state index is 0.102. The number of aromatic amines is 1. The van der Waals surface area contributed by atoms with Crippen LogP contribution in [0.4, 0.5) is 0 Å². The highest BCUT2D eigenvalue weighted by molar-refractivity contribution is 6.99. The van der Waals surface area contributed by atoms with Crippen molar-refractivity contribution in [3.63, 3.8) is 0 Å². The van der Waals surface area contributed by atoms with Gasteiger partial charge in [0.25, 0.3) is 13.9 Å². The fraction of sp³-hybridized carbons (Fsp3) is 0.370. The highest BCUT2D eigenvalue weighted by Gasteiger charge is 2.55. The summed E-state index contributed by atoms with van der Waals surface area (Å²) in [6.07, 6.45) is -3.45. The molecule has 3 N–H and O–H groups in total. The summed E-state index contributed by atoms with van der Waals surface area (Å²) in [5.41, 5.74) is -0.897. The van der Waals surface area contributed by atoms with E-state index >= 15 is 0 Å². The Morgan fingerprint density at radius 2 is 1.62 bits per heavy atom. The van der Waals surface area contributed by atoms with Gasteiger partial charge in [0.1, 0.15) is 12.3 Å². The molecule has 37 heavy (non-hydrogen) atoms. The van der Waals surface area contributed by atoms with Gasteiger partial charge in [0.05, 0.1) is 6.10 Å². The fourth-order valence-corrected chi connectivity index (χ4v) is 9.79. The van der Waals surface area contributed by atoms with Crippen molar-refractivity contribution in [2.45, 2.75) is 63.7 Å². The molecule has 0 bridgehead atoms. The van der Waals surface area contributed by atoms with Gasteiger partial charge in [-0.25, -0.2) is 9.59 Å². The monoisotopic (exact) mass is 524 g/mol.